The molecule has 9 nitrogen and oxygen atoms in total. The molecule has 35 heavy (non-hydrogen) atoms. The predicted octanol–water partition coefficient (Wildman–Crippen LogP) is 4.84. The van der Waals surface area contributed by atoms with Crippen molar-refractivity contribution in [2.24, 2.45) is 0 Å². The number of piperazine rings is 1. The van der Waals surface area contributed by atoms with Crippen LogP contribution in [0.4, 0.5) is 21.8 Å². The normalized spacial score (nSPS) is 14.8. The highest BCUT2D eigenvalue weighted by molar-refractivity contribution is 5.82. The van der Waals surface area contributed by atoms with Crippen molar-refractivity contribution in [1.82, 2.24) is 30.0 Å². The molecule has 1 saturated heterocycles. The van der Waals surface area contributed by atoms with E-state index < -0.39 is 5.82 Å². The van der Waals surface area contributed by atoms with E-state index >= 15 is 4.39 Å². The number of rotatable bonds is 7. The predicted molar refractivity (Wildman–Crippen MR) is 136 cm³/mol. The van der Waals surface area contributed by atoms with Crippen LogP contribution in [0.3, 0.4) is 0 Å². The van der Waals surface area contributed by atoms with E-state index in [-0.39, 0.29) is 11.8 Å². The molecule has 1 aliphatic rings. The Morgan fingerprint density at radius 3 is 2.71 bits per heavy atom. The first kappa shape index (κ1) is 22.9. The molecule has 0 amide bonds. The molecule has 1 fully saturated rings. The molecule has 10 heteroatoms. The number of allylic oxidation sites excluding steroid dienone is 1. The van der Waals surface area contributed by atoms with E-state index in [1.807, 2.05) is 38.1 Å². The van der Waals surface area contributed by atoms with E-state index in [9.17, 15) is 0 Å². The van der Waals surface area contributed by atoms with Crippen molar-refractivity contribution in [3.8, 4) is 11.8 Å². The van der Waals surface area contributed by atoms with Crippen molar-refractivity contribution in [3.63, 3.8) is 0 Å². The van der Waals surface area contributed by atoms with Gasteiger partial charge in [-0.2, -0.15) is 15.1 Å². The first-order chi connectivity index (χ1) is 17.0. The third-order valence-electron chi connectivity index (χ3n) is 6.07. The fraction of sp³-hybridized carbons (Fsp3) is 0.320. The summed E-state index contributed by atoms with van der Waals surface area (Å²) in [4.78, 5) is 16.9. The van der Waals surface area contributed by atoms with Gasteiger partial charge in [-0.1, -0.05) is 13.0 Å². The largest absolute Gasteiger partial charge is 0.421 e. The van der Waals surface area contributed by atoms with Crippen LogP contribution in [0.5, 0.6) is 11.8 Å². The van der Waals surface area contributed by atoms with Crippen molar-refractivity contribution < 1.29 is 9.13 Å². The van der Waals surface area contributed by atoms with Crippen LogP contribution < -0.4 is 15.0 Å². The number of nitrogens with one attached hydrogen (secondary N) is 3. The lowest BCUT2D eigenvalue weighted by molar-refractivity contribution is 0.270. The third-order valence-corrected chi connectivity index (χ3v) is 6.07. The molecule has 0 atom stereocenters. The van der Waals surface area contributed by atoms with Gasteiger partial charge in [0.15, 0.2) is 17.4 Å². The first-order valence-corrected chi connectivity index (χ1v) is 11.8. The van der Waals surface area contributed by atoms with Crippen LogP contribution in [-0.4, -0.2) is 62.8 Å². The number of fused-ring (bicyclic) bond motifs is 1. The van der Waals surface area contributed by atoms with Gasteiger partial charge in [0.1, 0.15) is 11.6 Å². The van der Waals surface area contributed by atoms with Gasteiger partial charge in [-0.25, -0.2) is 4.39 Å². The lowest BCUT2D eigenvalue weighted by atomic mass is 10.2. The second-order valence-electron chi connectivity index (χ2n) is 8.54. The molecular formula is C25H29FN8O. The van der Waals surface area contributed by atoms with E-state index in [4.69, 9.17) is 4.74 Å². The Kier molecular flexibility index (Phi) is 6.37. The van der Waals surface area contributed by atoms with Crippen LogP contribution in [0, 0.1) is 12.7 Å². The van der Waals surface area contributed by atoms with Crippen molar-refractivity contribution >= 4 is 34.4 Å². The van der Waals surface area contributed by atoms with Gasteiger partial charge >= 0.3 is 6.01 Å². The average Bonchev–Trinajstić information content (AvgIpc) is 3.47. The highest BCUT2D eigenvalue weighted by Gasteiger charge is 2.20. The smallest absolute Gasteiger partial charge is 0.326 e. The highest BCUT2D eigenvalue weighted by Crippen LogP contribution is 2.31. The number of H-pyrrole nitrogens is 2. The number of benzene rings is 1. The Balaban J connectivity index is 1.47. The lowest BCUT2D eigenvalue weighted by Gasteiger charge is -2.34. The van der Waals surface area contributed by atoms with Gasteiger partial charge in [-0.3, -0.25) is 5.10 Å². The number of halogens is 1. The van der Waals surface area contributed by atoms with Gasteiger partial charge in [-0.05, 0) is 44.7 Å². The molecule has 0 spiro atoms. The summed E-state index contributed by atoms with van der Waals surface area (Å²) in [6, 6.07) is 8.96. The minimum atomic E-state index is -0.449. The van der Waals surface area contributed by atoms with Crippen LogP contribution in [-0.2, 0) is 0 Å². The number of hydrogen-bond donors (Lipinski definition) is 3. The highest BCUT2D eigenvalue weighted by atomic mass is 19.1. The Bertz CT molecular complexity index is 1350. The zero-order valence-corrected chi connectivity index (χ0v) is 20.1. The maximum Gasteiger partial charge on any atom is 0.326 e. The van der Waals surface area contributed by atoms with Crippen molar-refractivity contribution in [2.75, 3.05) is 42.9 Å². The first-order valence-electron chi connectivity index (χ1n) is 11.8. The van der Waals surface area contributed by atoms with E-state index in [0.717, 1.165) is 49.9 Å². The maximum atomic E-state index is 15.2. The number of nitrogens with zero attached hydrogens (tertiary/aromatic N) is 5. The Morgan fingerprint density at radius 2 is 1.94 bits per heavy atom. The average molecular weight is 477 g/mol. The maximum absolute atomic E-state index is 15.2. The van der Waals surface area contributed by atoms with Crippen molar-refractivity contribution in [1.29, 1.82) is 0 Å². The zero-order chi connectivity index (χ0) is 24.4. The SMILES string of the molecule is C/C=C/c1cc(Nc2cc(N3CCN(CC)CC3)nc(Oc3ccc4[nH]c(C)cc4c3F)n2)n[nH]1. The molecule has 0 aliphatic carbocycles. The number of aryl methyl sites for hydroxylation is 1. The second kappa shape index (κ2) is 9.75. The number of likely N-dealkylation sites (N-methyl/N-ethyl adjacent to an activating group) is 1. The molecule has 3 aromatic heterocycles. The summed E-state index contributed by atoms with van der Waals surface area (Å²) in [6.45, 7) is 10.6. The molecule has 1 aromatic carbocycles. The molecular weight excluding hydrogens is 447 g/mol. The third kappa shape index (κ3) is 4.97. The van der Waals surface area contributed by atoms with Crippen LogP contribution in [0.2, 0.25) is 0 Å². The van der Waals surface area contributed by atoms with Crippen molar-refractivity contribution in [3.05, 3.63) is 53.6 Å². The number of aromatic nitrogens is 5. The van der Waals surface area contributed by atoms with Gasteiger partial charge in [0.05, 0.1) is 5.69 Å². The van der Waals surface area contributed by atoms with Crippen LogP contribution in [0.25, 0.3) is 17.0 Å². The number of aromatic amines is 2. The van der Waals surface area contributed by atoms with Crippen LogP contribution >= 0.6 is 0 Å². The summed E-state index contributed by atoms with van der Waals surface area (Å²) in [5.74, 6) is 1.47. The summed E-state index contributed by atoms with van der Waals surface area (Å²) >= 11 is 0. The van der Waals surface area contributed by atoms with Crippen molar-refractivity contribution in [2.45, 2.75) is 20.8 Å². The molecule has 5 rings (SSSR count). The van der Waals surface area contributed by atoms with E-state index in [1.54, 1.807) is 18.2 Å². The van der Waals surface area contributed by atoms with Gasteiger partial charge in [0, 0.05) is 54.9 Å². The Morgan fingerprint density at radius 1 is 1.11 bits per heavy atom. The molecule has 4 aromatic rings. The molecule has 0 unspecified atom stereocenters. The molecule has 0 bridgehead atoms. The quantitative estimate of drug-likeness (QED) is 0.351. The van der Waals surface area contributed by atoms with E-state index in [2.05, 4.69) is 47.2 Å². The lowest BCUT2D eigenvalue weighted by Crippen LogP contribution is -2.46. The zero-order valence-electron chi connectivity index (χ0n) is 20.1. The fourth-order valence-corrected chi connectivity index (χ4v) is 4.24. The summed E-state index contributed by atoms with van der Waals surface area (Å²) in [7, 11) is 0. The summed E-state index contributed by atoms with van der Waals surface area (Å²) in [5, 5.41) is 10.9. The van der Waals surface area contributed by atoms with Gasteiger partial charge in [-0.15, -0.1) is 0 Å². The summed E-state index contributed by atoms with van der Waals surface area (Å²) in [6.07, 6.45) is 3.85. The molecule has 1 aliphatic heterocycles. The second-order valence-corrected chi connectivity index (χ2v) is 8.54. The topological polar surface area (TPSA) is 98.0 Å². The fourth-order valence-electron chi connectivity index (χ4n) is 4.24. The molecule has 0 saturated carbocycles. The number of ether oxygens (including phenoxy) is 1. The van der Waals surface area contributed by atoms with Gasteiger partial charge in [0.2, 0.25) is 0 Å². The van der Waals surface area contributed by atoms with Crippen LogP contribution in [0.1, 0.15) is 25.2 Å². The standard InChI is InChI=1S/C25H29FN8O/c1-4-6-17-14-22(32-31-17)28-21-15-23(34-11-9-33(5-2)10-12-34)30-25(29-21)35-20-8-7-19-18(24(20)26)13-16(3)27-19/h4,6-8,13-15,27H,5,9-12H2,1-3H3,(H2,28,29,30,31,32)/b6-4+. The van der Waals surface area contributed by atoms with E-state index in [1.165, 1.54) is 0 Å². The summed E-state index contributed by atoms with van der Waals surface area (Å²) < 4.78 is 21.1. The summed E-state index contributed by atoms with van der Waals surface area (Å²) in [5.41, 5.74) is 2.46. The number of anilines is 3. The molecule has 182 valence electrons. The van der Waals surface area contributed by atoms with E-state index in [0.29, 0.717) is 22.5 Å². The molecule has 4 heterocycles. The minimum Gasteiger partial charge on any atom is -0.421 e. The molecule has 3 N–H and O–H groups in total. The van der Waals surface area contributed by atoms with Gasteiger partial charge < -0.3 is 24.8 Å². The Hall–Kier alpha value is -3.92. The van der Waals surface area contributed by atoms with Crippen LogP contribution in [0.15, 0.2) is 36.4 Å². The number of hydrogen-bond acceptors (Lipinski definition) is 7. The molecule has 0 radical (unpaired) electrons. The Labute approximate surface area is 203 Å². The minimum absolute atomic E-state index is 0.0673. The monoisotopic (exact) mass is 476 g/mol. The van der Waals surface area contributed by atoms with Gasteiger partial charge in [0.25, 0.3) is 0 Å².